The van der Waals surface area contributed by atoms with Crippen LogP contribution in [0, 0.1) is 10.1 Å². The van der Waals surface area contributed by atoms with E-state index in [2.05, 4.69) is 0 Å². The lowest BCUT2D eigenvalue weighted by molar-refractivity contribution is -0.384. The number of hydrogen-bond donors (Lipinski definition) is 0. The maximum Gasteiger partial charge on any atom is 0.426 e. The third-order valence-electron chi connectivity index (χ3n) is 3.32. The maximum atomic E-state index is 12.5. The minimum atomic E-state index is -0.874. The Morgan fingerprint density at radius 2 is 1.83 bits per heavy atom. The van der Waals surface area contributed by atoms with E-state index < -0.39 is 16.2 Å². The highest BCUT2D eigenvalue weighted by Gasteiger charge is 2.15. The largest absolute Gasteiger partial charge is 0.497 e. The van der Waals surface area contributed by atoms with Gasteiger partial charge in [-0.25, -0.2) is 9.36 Å². The lowest BCUT2D eigenvalue weighted by Gasteiger charge is -2.06. The molecular weight excluding hydrogens is 304 g/mol. The molecule has 0 N–H and O–H groups in total. The molecule has 8 nitrogen and oxygen atoms in total. The second-order valence-corrected chi connectivity index (χ2v) is 4.64. The summed E-state index contributed by atoms with van der Waals surface area (Å²) in [5.41, 5.74) is -0.678. The standard InChI is InChI=1S/C15H10N2O6/c1-22-11-5-2-9(3-6-11)16-14(18)12-8-10(17(20)21)4-7-13(12)23-15(16)19/h2-8H,1H3. The first-order chi connectivity index (χ1) is 11.0. The quantitative estimate of drug-likeness (QED) is 0.540. The smallest absolute Gasteiger partial charge is 0.426 e. The average Bonchev–Trinajstić information content (AvgIpc) is 2.55. The van der Waals surface area contributed by atoms with Gasteiger partial charge in [-0.2, -0.15) is 0 Å². The van der Waals surface area contributed by atoms with Gasteiger partial charge in [-0.15, -0.1) is 0 Å². The van der Waals surface area contributed by atoms with Gasteiger partial charge in [0.1, 0.15) is 11.3 Å². The molecule has 3 rings (SSSR count). The van der Waals surface area contributed by atoms with Crippen LogP contribution in [0.3, 0.4) is 0 Å². The van der Waals surface area contributed by atoms with E-state index in [1.807, 2.05) is 0 Å². The lowest BCUT2D eigenvalue weighted by atomic mass is 10.2. The monoisotopic (exact) mass is 314 g/mol. The number of fused-ring (bicyclic) bond motifs is 1. The number of benzene rings is 2. The molecule has 0 aliphatic heterocycles. The molecule has 0 aliphatic rings. The van der Waals surface area contributed by atoms with Crippen molar-refractivity contribution >= 4 is 16.7 Å². The molecule has 0 saturated carbocycles. The Labute approximate surface area is 128 Å². The van der Waals surface area contributed by atoms with E-state index in [9.17, 15) is 19.7 Å². The number of rotatable bonds is 3. The number of nitrogens with zero attached hydrogens (tertiary/aromatic N) is 2. The SMILES string of the molecule is COc1ccc(-n2c(=O)oc3ccc([N+](=O)[O-])cc3c2=O)cc1. The van der Waals surface area contributed by atoms with Crippen molar-refractivity contribution in [3.63, 3.8) is 0 Å². The van der Waals surface area contributed by atoms with Gasteiger partial charge in [0.05, 0.1) is 23.1 Å². The van der Waals surface area contributed by atoms with E-state index in [0.717, 1.165) is 10.6 Å². The van der Waals surface area contributed by atoms with Crippen molar-refractivity contribution in [1.29, 1.82) is 0 Å². The fourth-order valence-electron chi connectivity index (χ4n) is 2.18. The summed E-state index contributed by atoms with van der Waals surface area (Å²) in [4.78, 5) is 34.8. The van der Waals surface area contributed by atoms with Gasteiger partial charge in [-0.05, 0) is 30.3 Å². The number of non-ortho nitro benzene ring substituents is 1. The normalized spacial score (nSPS) is 10.7. The average molecular weight is 314 g/mol. The second kappa shape index (κ2) is 5.41. The summed E-state index contributed by atoms with van der Waals surface area (Å²) in [6, 6.07) is 9.68. The van der Waals surface area contributed by atoms with Crippen molar-refractivity contribution in [2.45, 2.75) is 0 Å². The zero-order chi connectivity index (χ0) is 16.6. The van der Waals surface area contributed by atoms with E-state index >= 15 is 0 Å². The van der Waals surface area contributed by atoms with Crippen molar-refractivity contribution in [2.24, 2.45) is 0 Å². The minimum absolute atomic E-state index is 0.00429. The van der Waals surface area contributed by atoms with Gasteiger partial charge in [-0.1, -0.05) is 0 Å². The summed E-state index contributed by atoms with van der Waals surface area (Å²) in [6.45, 7) is 0. The van der Waals surface area contributed by atoms with Crippen molar-refractivity contribution in [3.05, 3.63) is 73.5 Å². The molecule has 8 heteroatoms. The summed E-state index contributed by atoms with van der Waals surface area (Å²) >= 11 is 0. The van der Waals surface area contributed by atoms with Crippen LogP contribution in [0.5, 0.6) is 5.75 Å². The number of methoxy groups -OCH3 is 1. The molecule has 2 aromatic carbocycles. The molecule has 0 bridgehead atoms. The summed E-state index contributed by atoms with van der Waals surface area (Å²) in [5.74, 6) is -0.316. The van der Waals surface area contributed by atoms with Crippen LogP contribution in [-0.4, -0.2) is 16.6 Å². The summed E-state index contributed by atoms with van der Waals surface area (Å²) in [6.07, 6.45) is 0. The van der Waals surface area contributed by atoms with Crippen LogP contribution in [0.25, 0.3) is 16.7 Å². The zero-order valence-electron chi connectivity index (χ0n) is 11.9. The molecule has 1 aromatic heterocycles. The van der Waals surface area contributed by atoms with Gasteiger partial charge >= 0.3 is 5.76 Å². The van der Waals surface area contributed by atoms with Gasteiger partial charge in [0.2, 0.25) is 0 Å². The topological polar surface area (TPSA) is 105 Å². The first-order valence-corrected chi connectivity index (χ1v) is 6.50. The van der Waals surface area contributed by atoms with Crippen molar-refractivity contribution in [3.8, 4) is 11.4 Å². The number of aromatic nitrogens is 1. The van der Waals surface area contributed by atoms with E-state index in [4.69, 9.17) is 9.15 Å². The van der Waals surface area contributed by atoms with Gasteiger partial charge in [-0.3, -0.25) is 14.9 Å². The van der Waals surface area contributed by atoms with Gasteiger partial charge < -0.3 is 9.15 Å². The number of nitro groups is 1. The molecular formula is C15H10N2O6. The highest BCUT2D eigenvalue weighted by atomic mass is 16.6. The Hall–Kier alpha value is -3.42. The molecule has 0 fully saturated rings. The van der Waals surface area contributed by atoms with Crippen molar-refractivity contribution in [2.75, 3.05) is 7.11 Å². The van der Waals surface area contributed by atoms with Crippen LogP contribution < -0.4 is 16.1 Å². The van der Waals surface area contributed by atoms with Crippen LogP contribution in [0.15, 0.2) is 56.5 Å². The fourth-order valence-corrected chi connectivity index (χ4v) is 2.18. The van der Waals surface area contributed by atoms with Crippen LogP contribution in [0.2, 0.25) is 0 Å². The maximum absolute atomic E-state index is 12.5. The van der Waals surface area contributed by atoms with Crippen LogP contribution in [0.1, 0.15) is 0 Å². The third-order valence-corrected chi connectivity index (χ3v) is 3.32. The Morgan fingerprint density at radius 3 is 2.43 bits per heavy atom. The fraction of sp³-hybridized carbons (Fsp3) is 0.0667. The zero-order valence-corrected chi connectivity index (χ0v) is 11.9. The Balaban J connectivity index is 2.29. The van der Waals surface area contributed by atoms with Gasteiger partial charge in [0.15, 0.2) is 0 Å². The molecule has 0 saturated heterocycles. The molecule has 0 aliphatic carbocycles. The van der Waals surface area contributed by atoms with E-state index in [-0.39, 0.29) is 22.3 Å². The summed E-state index contributed by atoms with van der Waals surface area (Å²) < 4.78 is 10.9. The molecule has 0 amide bonds. The number of ether oxygens (including phenoxy) is 1. The Morgan fingerprint density at radius 1 is 1.13 bits per heavy atom. The lowest BCUT2D eigenvalue weighted by Crippen LogP contribution is -2.30. The molecule has 3 aromatic rings. The summed E-state index contributed by atoms with van der Waals surface area (Å²) in [5, 5.41) is 10.8. The third kappa shape index (κ3) is 2.46. The molecule has 0 atom stereocenters. The predicted molar refractivity (Wildman–Crippen MR) is 81.3 cm³/mol. The van der Waals surface area contributed by atoms with E-state index in [0.29, 0.717) is 5.75 Å². The molecule has 116 valence electrons. The minimum Gasteiger partial charge on any atom is -0.497 e. The highest BCUT2D eigenvalue weighted by molar-refractivity contribution is 5.78. The molecule has 1 heterocycles. The first kappa shape index (κ1) is 14.5. The Kier molecular flexibility index (Phi) is 3.41. The number of hydrogen-bond acceptors (Lipinski definition) is 6. The van der Waals surface area contributed by atoms with Crippen molar-refractivity contribution < 1.29 is 14.1 Å². The molecule has 0 unspecified atom stereocenters. The molecule has 23 heavy (non-hydrogen) atoms. The van der Waals surface area contributed by atoms with Gasteiger partial charge in [0, 0.05) is 12.1 Å². The van der Waals surface area contributed by atoms with E-state index in [1.165, 1.54) is 31.4 Å². The first-order valence-electron chi connectivity index (χ1n) is 6.50. The van der Waals surface area contributed by atoms with Crippen LogP contribution >= 0.6 is 0 Å². The predicted octanol–water partition coefficient (Wildman–Crippen LogP) is 1.86. The second-order valence-electron chi connectivity index (χ2n) is 4.64. The Bertz CT molecular complexity index is 1020. The highest BCUT2D eigenvalue weighted by Crippen LogP contribution is 2.18. The van der Waals surface area contributed by atoms with Gasteiger partial charge in [0.25, 0.3) is 11.2 Å². The summed E-state index contributed by atoms with van der Waals surface area (Å²) in [7, 11) is 1.49. The van der Waals surface area contributed by atoms with Crippen molar-refractivity contribution in [1.82, 2.24) is 4.57 Å². The van der Waals surface area contributed by atoms with Crippen LogP contribution in [0.4, 0.5) is 5.69 Å². The van der Waals surface area contributed by atoms with E-state index in [1.54, 1.807) is 12.1 Å². The molecule has 0 spiro atoms. The molecule has 0 radical (unpaired) electrons. The number of nitro benzene ring substituents is 1. The van der Waals surface area contributed by atoms with Crippen LogP contribution in [-0.2, 0) is 0 Å².